The summed E-state index contributed by atoms with van der Waals surface area (Å²) in [5, 5.41) is 9.40. The van der Waals surface area contributed by atoms with Gasteiger partial charge in [-0.2, -0.15) is 5.26 Å². The zero-order valence-corrected chi connectivity index (χ0v) is 14.6. The maximum Gasteiger partial charge on any atom is 0.183 e. The molecular weight excluding hydrogens is 346 g/mol. The number of nitriles is 1. The number of benzene rings is 2. The fraction of sp³-hybridized carbons (Fsp3) is 0.278. The second kappa shape index (κ2) is 6.21. The number of hydrogen-bond acceptors (Lipinski definition) is 4. The van der Waals surface area contributed by atoms with Crippen LogP contribution in [0.15, 0.2) is 59.5 Å². The Morgan fingerprint density at radius 3 is 2.50 bits per heavy atom. The van der Waals surface area contributed by atoms with Crippen LogP contribution in [-0.2, 0) is 14.6 Å². The molecule has 24 heavy (non-hydrogen) atoms. The Labute approximate surface area is 146 Å². The van der Waals surface area contributed by atoms with Crippen LogP contribution in [0.2, 0.25) is 5.02 Å². The molecule has 6 heteroatoms. The average Bonchev–Trinajstić information content (AvgIpc) is 3.26. The molecule has 0 N–H and O–H groups in total. The molecule has 3 rings (SSSR count). The minimum absolute atomic E-state index is 0.0530. The molecule has 0 heterocycles. The Morgan fingerprint density at radius 2 is 1.92 bits per heavy atom. The number of methoxy groups -OCH3 is 1. The van der Waals surface area contributed by atoms with E-state index in [9.17, 15) is 13.7 Å². The zero-order valence-electron chi connectivity index (χ0n) is 13.0. The Bertz CT molecular complexity index is 892. The highest BCUT2D eigenvalue weighted by molar-refractivity contribution is 7.92. The van der Waals surface area contributed by atoms with Crippen LogP contribution >= 0.6 is 11.6 Å². The molecule has 0 bridgehead atoms. The smallest absolute Gasteiger partial charge is 0.183 e. The lowest BCUT2D eigenvalue weighted by Crippen LogP contribution is -2.19. The third-order valence-electron chi connectivity index (χ3n) is 4.46. The molecular formula is C18H16ClNO3S. The molecule has 0 amide bonds. The highest BCUT2D eigenvalue weighted by Crippen LogP contribution is 2.64. The fourth-order valence-electron chi connectivity index (χ4n) is 3.37. The van der Waals surface area contributed by atoms with Crippen molar-refractivity contribution in [2.24, 2.45) is 5.41 Å². The van der Waals surface area contributed by atoms with Gasteiger partial charge in [0.2, 0.25) is 0 Å². The molecule has 0 radical (unpaired) electrons. The molecule has 1 aliphatic rings. The maximum atomic E-state index is 13.1. The third-order valence-corrected chi connectivity index (χ3v) is 6.99. The number of halogens is 1. The lowest BCUT2D eigenvalue weighted by molar-refractivity contribution is 0.162. The van der Waals surface area contributed by atoms with Gasteiger partial charge in [-0.05, 0) is 29.8 Å². The minimum Gasteiger partial charge on any atom is -0.383 e. The maximum absolute atomic E-state index is 13.1. The number of hydrogen-bond donors (Lipinski definition) is 0. The van der Waals surface area contributed by atoms with Gasteiger partial charge in [-0.15, -0.1) is 0 Å². The molecule has 2 aromatic rings. The molecule has 2 aromatic carbocycles. The molecule has 0 saturated heterocycles. The second-order valence-electron chi connectivity index (χ2n) is 5.90. The average molecular weight is 362 g/mol. The topological polar surface area (TPSA) is 67.2 Å². The monoisotopic (exact) mass is 361 g/mol. The molecule has 1 fully saturated rings. The molecule has 0 aromatic heterocycles. The van der Waals surface area contributed by atoms with Crippen LogP contribution < -0.4 is 0 Å². The van der Waals surface area contributed by atoms with E-state index in [0.717, 1.165) is 5.56 Å². The largest absolute Gasteiger partial charge is 0.383 e. The Balaban J connectivity index is 2.10. The fourth-order valence-corrected chi connectivity index (χ4v) is 5.90. The molecule has 1 saturated carbocycles. The number of nitrogens with zero attached hydrogens (tertiary/aromatic N) is 1. The van der Waals surface area contributed by atoms with Crippen LogP contribution in [0.4, 0.5) is 0 Å². The van der Waals surface area contributed by atoms with Crippen molar-refractivity contribution >= 4 is 21.4 Å². The van der Waals surface area contributed by atoms with E-state index >= 15 is 0 Å². The zero-order chi connectivity index (χ0) is 17.4. The van der Waals surface area contributed by atoms with Crippen molar-refractivity contribution in [2.75, 3.05) is 13.7 Å². The van der Waals surface area contributed by atoms with E-state index in [1.807, 2.05) is 0 Å². The second-order valence-corrected chi connectivity index (χ2v) is 8.40. The normalized spacial score (nSPS) is 25.9. The molecule has 0 unspecified atom stereocenters. The van der Waals surface area contributed by atoms with Gasteiger partial charge in [-0.1, -0.05) is 41.9 Å². The van der Waals surface area contributed by atoms with Crippen molar-refractivity contribution in [3.05, 3.63) is 65.2 Å². The van der Waals surface area contributed by atoms with E-state index in [1.165, 1.54) is 7.11 Å². The van der Waals surface area contributed by atoms with Gasteiger partial charge in [0, 0.05) is 18.1 Å². The van der Waals surface area contributed by atoms with Crippen LogP contribution in [0.1, 0.15) is 11.5 Å². The van der Waals surface area contributed by atoms with Gasteiger partial charge in [-0.3, -0.25) is 0 Å². The van der Waals surface area contributed by atoms with Crippen molar-refractivity contribution in [2.45, 2.75) is 16.1 Å². The van der Waals surface area contributed by atoms with Gasteiger partial charge in [0.15, 0.2) is 9.84 Å². The summed E-state index contributed by atoms with van der Waals surface area (Å²) in [6, 6.07) is 17.4. The SMILES string of the molecule is COC[C@@]1(C#N)[C@@H](c2cccc(Cl)c2)[C@@H]1S(=O)(=O)c1ccccc1. The van der Waals surface area contributed by atoms with Crippen LogP contribution in [-0.4, -0.2) is 27.4 Å². The third kappa shape index (κ3) is 2.61. The minimum atomic E-state index is -3.66. The summed E-state index contributed by atoms with van der Waals surface area (Å²) in [7, 11) is -2.19. The van der Waals surface area contributed by atoms with Gasteiger partial charge >= 0.3 is 0 Å². The molecule has 124 valence electrons. The van der Waals surface area contributed by atoms with Gasteiger partial charge in [0.1, 0.15) is 5.41 Å². The summed E-state index contributed by atoms with van der Waals surface area (Å²) >= 11 is 6.05. The molecule has 0 aliphatic heterocycles. The van der Waals surface area contributed by atoms with E-state index < -0.39 is 26.4 Å². The van der Waals surface area contributed by atoms with Crippen LogP contribution in [0.3, 0.4) is 0 Å². The summed E-state index contributed by atoms with van der Waals surface area (Å²) in [5.74, 6) is -0.466. The van der Waals surface area contributed by atoms with E-state index in [0.29, 0.717) is 5.02 Å². The van der Waals surface area contributed by atoms with Crippen molar-refractivity contribution in [1.82, 2.24) is 0 Å². The van der Waals surface area contributed by atoms with E-state index in [1.54, 1.807) is 54.6 Å². The van der Waals surface area contributed by atoms with E-state index in [4.69, 9.17) is 16.3 Å². The first-order valence-electron chi connectivity index (χ1n) is 7.42. The first-order valence-corrected chi connectivity index (χ1v) is 9.34. The van der Waals surface area contributed by atoms with Crippen LogP contribution in [0.25, 0.3) is 0 Å². The summed E-state index contributed by atoms with van der Waals surface area (Å²) in [5.41, 5.74) is -0.362. The predicted octanol–water partition coefficient (Wildman–Crippen LogP) is 3.44. The summed E-state index contributed by atoms with van der Waals surface area (Å²) in [6.07, 6.45) is 0. The standard InChI is InChI=1S/C18H16ClNO3S/c1-23-12-18(11-20)16(13-6-5-7-14(19)10-13)17(18)24(21,22)15-8-3-2-4-9-15/h2-10,16-17H,12H2,1H3/t16-,17-,18-/m0/s1. The Kier molecular flexibility index (Phi) is 4.39. The van der Waals surface area contributed by atoms with Gasteiger partial charge in [-0.25, -0.2) is 8.42 Å². The lowest BCUT2D eigenvalue weighted by Gasteiger charge is -2.08. The van der Waals surface area contributed by atoms with E-state index in [2.05, 4.69) is 6.07 Å². The number of sulfone groups is 1. The van der Waals surface area contributed by atoms with Crippen LogP contribution in [0, 0.1) is 16.7 Å². The Hall–Kier alpha value is -1.87. The van der Waals surface area contributed by atoms with Gasteiger partial charge < -0.3 is 4.74 Å². The quantitative estimate of drug-likeness (QED) is 0.818. The van der Waals surface area contributed by atoms with Crippen molar-refractivity contribution < 1.29 is 13.2 Å². The summed E-state index contributed by atoms with van der Waals surface area (Å²) < 4.78 is 31.3. The first-order chi connectivity index (χ1) is 11.5. The van der Waals surface area contributed by atoms with Crippen molar-refractivity contribution in [3.8, 4) is 6.07 Å². The highest BCUT2D eigenvalue weighted by atomic mass is 35.5. The van der Waals surface area contributed by atoms with Gasteiger partial charge in [0.05, 0.1) is 22.8 Å². The van der Waals surface area contributed by atoms with Crippen molar-refractivity contribution in [1.29, 1.82) is 5.26 Å². The summed E-state index contributed by atoms with van der Waals surface area (Å²) in [6.45, 7) is 0.0530. The first kappa shape index (κ1) is 17.0. The summed E-state index contributed by atoms with van der Waals surface area (Å²) in [4.78, 5) is 0.218. The number of rotatable bonds is 5. The lowest BCUT2D eigenvalue weighted by atomic mass is 10.0. The molecule has 0 spiro atoms. The van der Waals surface area contributed by atoms with Gasteiger partial charge in [0.25, 0.3) is 0 Å². The number of ether oxygens (including phenoxy) is 1. The molecule has 4 nitrogen and oxygen atoms in total. The predicted molar refractivity (Wildman–Crippen MR) is 91.5 cm³/mol. The highest BCUT2D eigenvalue weighted by Gasteiger charge is 2.72. The van der Waals surface area contributed by atoms with Crippen molar-refractivity contribution in [3.63, 3.8) is 0 Å². The van der Waals surface area contributed by atoms with Crippen LogP contribution in [0.5, 0.6) is 0 Å². The molecule has 1 aliphatic carbocycles. The Morgan fingerprint density at radius 1 is 1.21 bits per heavy atom. The van der Waals surface area contributed by atoms with E-state index in [-0.39, 0.29) is 11.5 Å². The molecule has 3 atom stereocenters.